The van der Waals surface area contributed by atoms with Gasteiger partial charge in [0.05, 0.1) is 19.2 Å². The van der Waals surface area contributed by atoms with Crippen LogP contribution in [0, 0.1) is 0 Å². The second-order valence-electron chi connectivity index (χ2n) is 5.33. The van der Waals surface area contributed by atoms with Crippen molar-refractivity contribution in [3.05, 3.63) is 0 Å². The minimum atomic E-state index is -2.17. The van der Waals surface area contributed by atoms with Crippen molar-refractivity contribution in [2.75, 3.05) is 13.2 Å². The van der Waals surface area contributed by atoms with Crippen molar-refractivity contribution < 1.29 is 39.9 Å². The molecule has 1 aliphatic rings. The molecule has 0 aliphatic carbocycles. The number of carbonyl (C=O) groups is 2. The van der Waals surface area contributed by atoms with Crippen LogP contribution in [0.25, 0.3) is 0 Å². The highest BCUT2D eigenvalue weighted by atomic mass is 16.6. The summed E-state index contributed by atoms with van der Waals surface area (Å²) in [7, 11) is 0. The zero-order valence-corrected chi connectivity index (χ0v) is 12.3. The third-order valence-corrected chi connectivity index (χ3v) is 3.47. The Morgan fingerprint density at radius 2 is 1.86 bits per heavy atom. The lowest BCUT2D eigenvalue weighted by Gasteiger charge is -2.42. The predicted octanol–water partition coefficient (Wildman–Crippen LogP) is -3.64. The largest absolute Gasteiger partial charge is 0.480 e. The van der Waals surface area contributed by atoms with E-state index in [0.717, 1.165) is 0 Å². The van der Waals surface area contributed by atoms with Gasteiger partial charge in [0.1, 0.15) is 24.4 Å². The summed E-state index contributed by atoms with van der Waals surface area (Å²) in [6, 6.07) is -1.96. The van der Waals surface area contributed by atoms with Crippen molar-refractivity contribution in [1.82, 2.24) is 10.6 Å². The molecule has 1 rings (SSSR count). The summed E-state index contributed by atoms with van der Waals surface area (Å²) in [4.78, 5) is 22.4. The molecule has 1 heterocycles. The molecular formula is C12H22N2O8. The van der Waals surface area contributed by atoms with Crippen molar-refractivity contribution in [2.45, 2.75) is 50.0 Å². The quantitative estimate of drug-likeness (QED) is 0.261. The fourth-order valence-corrected chi connectivity index (χ4v) is 1.84. The molecule has 0 radical (unpaired) electrons. The van der Waals surface area contributed by atoms with Gasteiger partial charge >= 0.3 is 5.97 Å². The maximum Gasteiger partial charge on any atom is 0.325 e. The molecule has 1 fully saturated rings. The Kier molecular flexibility index (Phi) is 6.23. The Morgan fingerprint density at radius 3 is 2.41 bits per heavy atom. The standard InChI is InChI=1S/C12H22N2O8/c1-5(10(18)14-6(2)11(19)20)13-4-12(21)9(17)8(16)7(15)3-22-12/h5-9,13,15-17,21H,3-4H2,1-2H3,(H,14,18)(H,19,20)/t5-,6-,7+,8+,9-,12+/m0/s1. The maximum absolute atomic E-state index is 11.7. The smallest absolute Gasteiger partial charge is 0.325 e. The van der Waals surface area contributed by atoms with Crippen LogP contribution in [0.5, 0.6) is 0 Å². The summed E-state index contributed by atoms with van der Waals surface area (Å²) in [5.74, 6) is -3.99. The van der Waals surface area contributed by atoms with Crippen LogP contribution in [0.1, 0.15) is 13.8 Å². The van der Waals surface area contributed by atoms with Gasteiger partial charge in [-0.1, -0.05) is 0 Å². The number of ether oxygens (including phenoxy) is 1. The summed E-state index contributed by atoms with van der Waals surface area (Å²) in [6.07, 6.45) is -4.68. The Morgan fingerprint density at radius 1 is 1.27 bits per heavy atom. The van der Waals surface area contributed by atoms with Gasteiger partial charge in [0, 0.05) is 0 Å². The van der Waals surface area contributed by atoms with E-state index in [4.69, 9.17) is 9.84 Å². The van der Waals surface area contributed by atoms with E-state index in [0.29, 0.717) is 0 Å². The number of hydrogen-bond donors (Lipinski definition) is 7. The molecule has 0 unspecified atom stereocenters. The molecule has 0 aromatic rings. The van der Waals surface area contributed by atoms with Crippen LogP contribution in [0.2, 0.25) is 0 Å². The van der Waals surface area contributed by atoms with E-state index in [1.807, 2.05) is 0 Å². The van der Waals surface area contributed by atoms with E-state index >= 15 is 0 Å². The average Bonchev–Trinajstić information content (AvgIpc) is 2.46. The molecule has 22 heavy (non-hydrogen) atoms. The van der Waals surface area contributed by atoms with Gasteiger partial charge in [-0.15, -0.1) is 0 Å². The summed E-state index contributed by atoms with van der Waals surface area (Å²) >= 11 is 0. The third-order valence-electron chi connectivity index (χ3n) is 3.47. The molecule has 128 valence electrons. The van der Waals surface area contributed by atoms with Crippen molar-refractivity contribution >= 4 is 11.9 Å². The van der Waals surface area contributed by atoms with Gasteiger partial charge in [0.15, 0.2) is 0 Å². The number of carboxylic acids is 1. The molecule has 1 saturated heterocycles. The second kappa shape index (κ2) is 7.31. The zero-order valence-electron chi connectivity index (χ0n) is 12.3. The van der Waals surface area contributed by atoms with Gasteiger partial charge in [0.2, 0.25) is 11.7 Å². The van der Waals surface area contributed by atoms with E-state index in [9.17, 15) is 30.0 Å². The normalized spacial score (nSPS) is 34.7. The van der Waals surface area contributed by atoms with Crippen LogP contribution >= 0.6 is 0 Å². The van der Waals surface area contributed by atoms with Crippen molar-refractivity contribution in [3.8, 4) is 0 Å². The van der Waals surface area contributed by atoms with Gasteiger partial charge in [-0.2, -0.15) is 0 Å². The molecule has 0 aromatic carbocycles. The third kappa shape index (κ3) is 4.35. The Hall–Kier alpha value is -1.30. The zero-order chi connectivity index (χ0) is 17.1. The van der Waals surface area contributed by atoms with Crippen molar-refractivity contribution in [1.29, 1.82) is 0 Å². The van der Waals surface area contributed by atoms with Gasteiger partial charge in [-0.25, -0.2) is 0 Å². The fourth-order valence-electron chi connectivity index (χ4n) is 1.84. The van der Waals surface area contributed by atoms with Gasteiger partial charge in [-0.05, 0) is 13.8 Å². The number of aliphatic carboxylic acids is 1. The second-order valence-corrected chi connectivity index (χ2v) is 5.33. The van der Waals surface area contributed by atoms with Crippen LogP contribution in [0.3, 0.4) is 0 Å². The topological polar surface area (TPSA) is 169 Å². The van der Waals surface area contributed by atoms with Gasteiger partial charge < -0.3 is 40.9 Å². The lowest BCUT2D eigenvalue weighted by atomic mass is 9.96. The number of amides is 1. The van der Waals surface area contributed by atoms with E-state index in [2.05, 4.69) is 10.6 Å². The Balaban J connectivity index is 2.54. The highest BCUT2D eigenvalue weighted by molar-refractivity contribution is 5.86. The van der Waals surface area contributed by atoms with Crippen molar-refractivity contribution in [2.24, 2.45) is 0 Å². The molecule has 0 bridgehead atoms. The first-order chi connectivity index (χ1) is 10.1. The molecule has 7 N–H and O–H groups in total. The summed E-state index contributed by atoms with van der Waals surface area (Å²) in [6.45, 7) is 1.93. The molecule has 0 spiro atoms. The summed E-state index contributed by atoms with van der Waals surface area (Å²) < 4.78 is 4.92. The average molecular weight is 322 g/mol. The van der Waals surface area contributed by atoms with Crippen LogP contribution in [-0.2, 0) is 14.3 Å². The SMILES string of the molecule is C[C@H](NC(=O)[C@H](C)NC[C@@]1(O)OC[C@@H](O)[C@@H](O)[C@@H]1O)C(=O)O. The minimum Gasteiger partial charge on any atom is -0.480 e. The van der Waals surface area contributed by atoms with Crippen LogP contribution in [-0.4, -0.2) is 86.7 Å². The minimum absolute atomic E-state index is 0.382. The lowest BCUT2D eigenvalue weighted by Crippen LogP contribution is -2.65. The number of carboxylic acid groups (broad SMARTS) is 1. The Bertz CT molecular complexity index is 420. The first-order valence-electron chi connectivity index (χ1n) is 6.75. The number of nitrogens with one attached hydrogen (secondary N) is 2. The van der Waals surface area contributed by atoms with E-state index in [-0.39, 0.29) is 6.61 Å². The Labute approximate surface area is 126 Å². The number of aliphatic hydroxyl groups is 4. The highest BCUT2D eigenvalue weighted by Crippen LogP contribution is 2.23. The maximum atomic E-state index is 11.7. The molecule has 0 aromatic heterocycles. The number of hydrogen-bond acceptors (Lipinski definition) is 8. The number of rotatable bonds is 6. The molecule has 10 heteroatoms. The first kappa shape index (κ1) is 18.7. The molecule has 0 saturated carbocycles. The highest BCUT2D eigenvalue weighted by Gasteiger charge is 2.48. The van der Waals surface area contributed by atoms with E-state index < -0.39 is 54.6 Å². The van der Waals surface area contributed by atoms with Crippen LogP contribution in [0.15, 0.2) is 0 Å². The summed E-state index contributed by atoms with van der Waals surface area (Å²) in [5, 5.41) is 52.2. The molecule has 10 nitrogen and oxygen atoms in total. The van der Waals surface area contributed by atoms with Crippen LogP contribution < -0.4 is 10.6 Å². The fraction of sp³-hybridized carbons (Fsp3) is 0.833. The van der Waals surface area contributed by atoms with E-state index in [1.165, 1.54) is 13.8 Å². The predicted molar refractivity (Wildman–Crippen MR) is 71.6 cm³/mol. The lowest BCUT2D eigenvalue weighted by molar-refractivity contribution is -0.318. The monoisotopic (exact) mass is 322 g/mol. The molecule has 1 aliphatic heterocycles. The molecule has 6 atom stereocenters. The molecule has 1 amide bonds. The van der Waals surface area contributed by atoms with Crippen LogP contribution in [0.4, 0.5) is 0 Å². The number of aliphatic hydroxyl groups excluding tert-OH is 3. The first-order valence-corrected chi connectivity index (χ1v) is 6.75. The van der Waals surface area contributed by atoms with E-state index in [1.54, 1.807) is 0 Å². The van der Waals surface area contributed by atoms with Crippen molar-refractivity contribution in [3.63, 3.8) is 0 Å². The summed E-state index contributed by atoms with van der Waals surface area (Å²) in [5.41, 5.74) is 0. The molecular weight excluding hydrogens is 300 g/mol. The van der Waals surface area contributed by atoms with Gasteiger partial charge in [0.25, 0.3) is 0 Å². The number of carbonyl (C=O) groups excluding carboxylic acids is 1. The van der Waals surface area contributed by atoms with Gasteiger partial charge in [-0.3, -0.25) is 9.59 Å².